The average Bonchev–Trinajstić information content (AvgIpc) is 3.18. The van der Waals surface area contributed by atoms with E-state index in [1.807, 2.05) is 0 Å². The van der Waals surface area contributed by atoms with E-state index in [0.717, 1.165) is 12.3 Å². The third-order valence-electron chi connectivity index (χ3n) is 3.01. The van der Waals surface area contributed by atoms with Crippen LogP contribution in [0.2, 0.25) is 0 Å². The molecule has 1 heterocycles. The minimum atomic E-state index is -1.04. The van der Waals surface area contributed by atoms with Crippen LogP contribution in [0.15, 0.2) is 18.3 Å². The van der Waals surface area contributed by atoms with Crippen LogP contribution in [0.3, 0.4) is 0 Å². The second kappa shape index (κ2) is 5.62. The Balaban J connectivity index is 1.78. The first kappa shape index (κ1) is 12.5. The highest BCUT2D eigenvalue weighted by Gasteiger charge is 2.20. The molecule has 0 atom stereocenters. The summed E-state index contributed by atoms with van der Waals surface area (Å²) in [5, 5.41) is 11.5. The van der Waals surface area contributed by atoms with Gasteiger partial charge in [0.1, 0.15) is 5.69 Å². The average molecular weight is 248 g/mol. The number of hydrogen-bond acceptors (Lipinski definition) is 3. The first-order valence-corrected chi connectivity index (χ1v) is 6.14. The van der Waals surface area contributed by atoms with Crippen molar-refractivity contribution in [1.29, 1.82) is 0 Å². The van der Waals surface area contributed by atoms with Crippen molar-refractivity contribution in [3.05, 3.63) is 29.6 Å². The lowest BCUT2D eigenvalue weighted by molar-refractivity contribution is 0.0695. The minimum absolute atomic E-state index is 0.0836. The molecule has 1 fully saturated rings. The highest BCUT2D eigenvalue weighted by molar-refractivity contribution is 5.93. The fourth-order valence-electron chi connectivity index (χ4n) is 1.74. The fourth-order valence-corrected chi connectivity index (χ4v) is 1.74. The maximum Gasteiger partial charge on any atom is 0.337 e. The summed E-state index contributed by atoms with van der Waals surface area (Å²) in [4.78, 5) is 26.1. The summed E-state index contributed by atoms with van der Waals surface area (Å²) in [5.74, 6) is -0.420. The van der Waals surface area contributed by atoms with Crippen molar-refractivity contribution in [3.8, 4) is 0 Å². The van der Waals surface area contributed by atoms with Gasteiger partial charge in [-0.1, -0.05) is 12.8 Å². The van der Waals surface area contributed by atoms with Gasteiger partial charge in [0.25, 0.3) is 5.91 Å². The Kier molecular flexibility index (Phi) is 3.92. The number of carbonyl (C=O) groups excluding carboxylic acids is 1. The molecule has 1 aliphatic rings. The van der Waals surface area contributed by atoms with Gasteiger partial charge in [0.15, 0.2) is 0 Å². The standard InChI is InChI=1S/C13H16N2O3/c16-12(14-7-1-2-9-3-4-9)11-6-5-10(8-15-11)13(17)18/h5-6,8-9H,1-4,7H2,(H,14,16)(H,17,18). The molecular weight excluding hydrogens is 232 g/mol. The Morgan fingerprint density at radius 1 is 1.39 bits per heavy atom. The van der Waals surface area contributed by atoms with Gasteiger partial charge in [0.2, 0.25) is 0 Å². The maximum absolute atomic E-state index is 11.7. The van der Waals surface area contributed by atoms with Gasteiger partial charge >= 0.3 is 5.97 Å². The van der Waals surface area contributed by atoms with Crippen LogP contribution in [-0.4, -0.2) is 28.5 Å². The molecule has 96 valence electrons. The van der Waals surface area contributed by atoms with Crippen LogP contribution in [-0.2, 0) is 0 Å². The summed E-state index contributed by atoms with van der Waals surface area (Å²) in [7, 11) is 0. The lowest BCUT2D eigenvalue weighted by atomic mass is 10.2. The number of rotatable bonds is 6. The number of aromatic nitrogens is 1. The number of aromatic carboxylic acids is 1. The van der Waals surface area contributed by atoms with Crippen molar-refractivity contribution in [1.82, 2.24) is 10.3 Å². The highest BCUT2D eigenvalue weighted by Crippen LogP contribution is 2.33. The van der Waals surface area contributed by atoms with E-state index in [-0.39, 0.29) is 17.2 Å². The van der Waals surface area contributed by atoms with Gasteiger partial charge in [-0.15, -0.1) is 0 Å². The molecule has 0 aromatic carbocycles. The van der Waals surface area contributed by atoms with Crippen LogP contribution < -0.4 is 5.32 Å². The molecule has 1 aromatic rings. The van der Waals surface area contributed by atoms with Crippen molar-refractivity contribution in [2.45, 2.75) is 25.7 Å². The van der Waals surface area contributed by atoms with Crippen molar-refractivity contribution in [2.24, 2.45) is 5.92 Å². The van der Waals surface area contributed by atoms with Gasteiger partial charge in [0, 0.05) is 12.7 Å². The zero-order valence-corrected chi connectivity index (χ0v) is 10.1. The molecule has 1 saturated carbocycles. The predicted octanol–water partition coefficient (Wildman–Crippen LogP) is 1.70. The van der Waals surface area contributed by atoms with E-state index >= 15 is 0 Å². The quantitative estimate of drug-likeness (QED) is 0.751. The summed E-state index contributed by atoms with van der Waals surface area (Å²) in [6.45, 7) is 0.650. The van der Waals surface area contributed by atoms with Gasteiger partial charge < -0.3 is 10.4 Å². The molecule has 1 aliphatic carbocycles. The second-order valence-electron chi connectivity index (χ2n) is 4.58. The number of carboxylic acids is 1. The number of hydrogen-bond donors (Lipinski definition) is 2. The molecule has 5 heteroatoms. The number of carboxylic acid groups (broad SMARTS) is 1. The Hall–Kier alpha value is -1.91. The van der Waals surface area contributed by atoms with E-state index in [1.165, 1.54) is 37.6 Å². The summed E-state index contributed by atoms with van der Waals surface area (Å²) < 4.78 is 0. The lowest BCUT2D eigenvalue weighted by Crippen LogP contribution is -2.25. The molecule has 2 rings (SSSR count). The van der Waals surface area contributed by atoms with E-state index in [9.17, 15) is 9.59 Å². The van der Waals surface area contributed by atoms with Gasteiger partial charge in [0.05, 0.1) is 5.56 Å². The number of nitrogens with one attached hydrogen (secondary N) is 1. The van der Waals surface area contributed by atoms with Gasteiger partial charge in [-0.25, -0.2) is 4.79 Å². The Labute approximate surface area is 105 Å². The zero-order valence-electron chi connectivity index (χ0n) is 10.1. The third kappa shape index (κ3) is 3.55. The Morgan fingerprint density at radius 3 is 2.72 bits per heavy atom. The number of carbonyl (C=O) groups is 2. The number of pyridine rings is 1. The first-order valence-electron chi connectivity index (χ1n) is 6.14. The molecule has 0 saturated heterocycles. The van der Waals surface area contributed by atoms with Crippen molar-refractivity contribution in [3.63, 3.8) is 0 Å². The van der Waals surface area contributed by atoms with E-state index in [2.05, 4.69) is 10.3 Å². The largest absolute Gasteiger partial charge is 0.478 e. The van der Waals surface area contributed by atoms with Crippen LogP contribution in [0.5, 0.6) is 0 Å². The van der Waals surface area contributed by atoms with Gasteiger partial charge in [-0.2, -0.15) is 0 Å². The number of nitrogens with zero attached hydrogens (tertiary/aromatic N) is 1. The monoisotopic (exact) mass is 248 g/mol. The van der Waals surface area contributed by atoms with E-state index in [0.29, 0.717) is 6.54 Å². The SMILES string of the molecule is O=C(O)c1ccc(C(=O)NCCCC2CC2)nc1. The van der Waals surface area contributed by atoms with Crippen LogP contribution in [0, 0.1) is 5.92 Å². The molecule has 1 amide bonds. The minimum Gasteiger partial charge on any atom is -0.478 e. The Morgan fingerprint density at radius 2 is 2.17 bits per heavy atom. The summed E-state index contributed by atoms with van der Waals surface area (Å²) in [6.07, 6.45) is 6.01. The molecule has 5 nitrogen and oxygen atoms in total. The van der Waals surface area contributed by atoms with E-state index in [1.54, 1.807) is 0 Å². The van der Waals surface area contributed by atoms with Gasteiger partial charge in [-0.3, -0.25) is 9.78 Å². The highest BCUT2D eigenvalue weighted by atomic mass is 16.4. The smallest absolute Gasteiger partial charge is 0.337 e. The van der Waals surface area contributed by atoms with Crippen molar-refractivity contribution in [2.75, 3.05) is 6.54 Å². The van der Waals surface area contributed by atoms with Crippen LogP contribution >= 0.6 is 0 Å². The first-order chi connectivity index (χ1) is 8.66. The lowest BCUT2D eigenvalue weighted by Gasteiger charge is -2.04. The Bertz CT molecular complexity index is 438. The van der Waals surface area contributed by atoms with Crippen molar-refractivity contribution >= 4 is 11.9 Å². The molecule has 0 aliphatic heterocycles. The number of amides is 1. The summed E-state index contributed by atoms with van der Waals surface area (Å²) >= 11 is 0. The maximum atomic E-state index is 11.7. The zero-order chi connectivity index (χ0) is 13.0. The molecule has 0 spiro atoms. The van der Waals surface area contributed by atoms with Gasteiger partial charge in [-0.05, 0) is 30.9 Å². The summed E-state index contributed by atoms with van der Waals surface area (Å²) in [6, 6.07) is 2.81. The fraction of sp³-hybridized carbons (Fsp3) is 0.462. The molecule has 0 radical (unpaired) electrons. The van der Waals surface area contributed by atoms with Crippen LogP contribution in [0.25, 0.3) is 0 Å². The summed E-state index contributed by atoms with van der Waals surface area (Å²) in [5.41, 5.74) is 0.340. The van der Waals surface area contributed by atoms with Crippen LogP contribution in [0.4, 0.5) is 0 Å². The predicted molar refractivity (Wildman–Crippen MR) is 65.5 cm³/mol. The van der Waals surface area contributed by atoms with E-state index < -0.39 is 5.97 Å². The molecule has 2 N–H and O–H groups in total. The van der Waals surface area contributed by atoms with Crippen molar-refractivity contribution < 1.29 is 14.7 Å². The molecule has 1 aromatic heterocycles. The van der Waals surface area contributed by atoms with E-state index in [4.69, 9.17) is 5.11 Å². The second-order valence-corrected chi connectivity index (χ2v) is 4.58. The molecule has 18 heavy (non-hydrogen) atoms. The molecule has 0 bridgehead atoms. The van der Waals surface area contributed by atoms with Crippen LogP contribution in [0.1, 0.15) is 46.5 Å². The normalized spacial score (nSPS) is 14.2. The molecular formula is C13H16N2O3. The third-order valence-corrected chi connectivity index (χ3v) is 3.01. The topological polar surface area (TPSA) is 79.3 Å². The molecule has 0 unspecified atom stereocenters.